The van der Waals surface area contributed by atoms with E-state index < -0.39 is 11.9 Å². The predicted molar refractivity (Wildman–Crippen MR) is 61.8 cm³/mol. The lowest BCUT2D eigenvalue weighted by Crippen LogP contribution is -2.05. The van der Waals surface area contributed by atoms with E-state index in [1.54, 1.807) is 13.8 Å². The highest BCUT2D eigenvalue weighted by Gasteiger charge is 2.31. The molecule has 0 radical (unpaired) electrons. The molecule has 0 fully saturated rings. The summed E-state index contributed by atoms with van der Waals surface area (Å²) in [4.78, 5) is 4.10. The Morgan fingerprint density at radius 2 is 1.95 bits per heavy atom. The maximum Gasteiger partial charge on any atom is 0.431 e. The molecule has 102 valence electrons. The average Bonchev–Trinajstić information content (AvgIpc) is 2.78. The second kappa shape index (κ2) is 4.56. The van der Waals surface area contributed by atoms with Gasteiger partial charge in [0.05, 0.1) is 12.8 Å². The van der Waals surface area contributed by atoms with Crippen LogP contribution in [0.25, 0.3) is 11.4 Å². The summed E-state index contributed by atoms with van der Waals surface area (Å²) >= 11 is 0. The maximum atomic E-state index is 12.5. The van der Waals surface area contributed by atoms with Gasteiger partial charge in [-0.1, -0.05) is 5.69 Å². The van der Waals surface area contributed by atoms with Crippen molar-refractivity contribution in [1.82, 2.24) is 15.2 Å². The Bertz CT molecular complexity index is 605. The van der Waals surface area contributed by atoms with Crippen molar-refractivity contribution in [2.45, 2.75) is 20.0 Å². The number of aryl methyl sites for hydroxylation is 1. The van der Waals surface area contributed by atoms with Crippen LogP contribution >= 0.6 is 0 Å². The maximum absolute atomic E-state index is 12.5. The van der Waals surface area contributed by atoms with E-state index in [0.29, 0.717) is 17.0 Å². The van der Waals surface area contributed by atoms with Crippen LogP contribution in [0.15, 0.2) is 12.3 Å². The summed E-state index contributed by atoms with van der Waals surface area (Å²) in [5.74, 6) is 0.585. The minimum Gasteiger partial charge on any atom is -0.573 e. The van der Waals surface area contributed by atoms with Crippen molar-refractivity contribution < 1.29 is 17.9 Å². The summed E-state index contributed by atoms with van der Waals surface area (Å²) in [6.45, 7) is 3.52. The smallest absolute Gasteiger partial charge is 0.431 e. The van der Waals surface area contributed by atoms with Gasteiger partial charge >= 0.3 is 6.18 Å². The van der Waals surface area contributed by atoms with Gasteiger partial charge in [0.2, 0.25) is 0 Å². The Morgan fingerprint density at radius 3 is 2.47 bits per heavy atom. The average molecular weight is 270 g/mol. The van der Waals surface area contributed by atoms with Crippen LogP contribution in [0.1, 0.15) is 16.8 Å². The van der Waals surface area contributed by atoms with Crippen LogP contribution < -0.4 is 9.84 Å². The molecule has 0 aliphatic carbocycles. The number of ether oxygens (including phenoxy) is 1. The van der Waals surface area contributed by atoms with Crippen molar-refractivity contribution >= 4 is 0 Å². The zero-order chi connectivity index (χ0) is 14.2. The molecule has 0 aromatic carbocycles. The molecule has 2 rings (SSSR count). The summed E-state index contributed by atoms with van der Waals surface area (Å²) in [5.41, 5.74) is 0.840. The highest BCUT2D eigenvalue weighted by molar-refractivity contribution is 5.63. The van der Waals surface area contributed by atoms with Crippen molar-refractivity contribution in [3.63, 3.8) is 0 Å². The molecule has 0 aliphatic heterocycles. The summed E-state index contributed by atoms with van der Waals surface area (Å²) in [6.07, 6.45) is -2.98. The van der Waals surface area contributed by atoms with Gasteiger partial charge in [0.25, 0.3) is 0 Å². The molecular weight excluding hydrogens is 259 g/mol. The molecule has 0 saturated carbocycles. The van der Waals surface area contributed by atoms with Gasteiger partial charge in [-0.25, -0.2) is 0 Å². The fourth-order valence-electron chi connectivity index (χ4n) is 1.84. The van der Waals surface area contributed by atoms with E-state index in [1.807, 2.05) is 0 Å². The lowest BCUT2D eigenvalue weighted by atomic mass is 10.1. The highest BCUT2D eigenvalue weighted by atomic mass is 19.4. The van der Waals surface area contributed by atoms with E-state index in [2.05, 4.69) is 15.2 Å². The summed E-state index contributed by atoms with van der Waals surface area (Å²) < 4.78 is 42.6. The Kier molecular flexibility index (Phi) is 3.21. The van der Waals surface area contributed by atoms with Crippen molar-refractivity contribution in [3.05, 3.63) is 29.1 Å². The van der Waals surface area contributed by atoms with Gasteiger partial charge in [-0.3, -0.25) is 4.98 Å². The molecule has 0 amide bonds. The summed E-state index contributed by atoms with van der Waals surface area (Å²) in [7, 11) is 1.50. The van der Waals surface area contributed by atoms with Crippen LogP contribution in [0.3, 0.4) is 0 Å². The van der Waals surface area contributed by atoms with Gasteiger partial charge < -0.3 is 14.9 Å². The molecule has 7 heteroatoms. The first kappa shape index (κ1) is 13.4. The number of pyridine rings is 1. The fraction of sp³-hybridized carbons (Fsp3) is 0.333. The second-order valence-corrected chi connectivity index (χ2v) is 4.06. The third-order valence-corrected chi connectivity index (χ3v) is 2.72. The molecule has 0 unspecified atom stereocenters. The lowest BCUT2D eigenvalue weighted by Gasteiger charge is -2.13. The van der Waals surface area contributed by atoms with Crippen LogP contribution in [-0.4, -0.2) is 17.2 Å². The number of halogens is 3. The number of methoxy groups -OCH3 is 1. The molecule has 2 aromatic rings. The predicted octanol–water partition coefficient (Wildman–Crippen LogP) is 2.75. The van der Waals surface area contributed by atoms with Crippen LogP contribution in [-0.2, 0) is 6.18 Å². The number of rotatable bonds is 2. The lowest BCUT2D eigenvalue weighted by molar-refractivity contribution is -0.141. The van der Waals surface area contributed by atoms with Crippen molar-refractivity contribution in [2.75, 3.05) is 7.11 Å². The molecule has 2 aromatic heterocycles. The zero-order valence-corrected chi connectivity index (χ0v) is 10.5. The molecule has 2 heterocycles. The Balaban J connectivity index is 2.51. The molecule has 4 nitrogen and oxygen atoms in total. The van der Waals surface area contributed by atoms with Crippen molar-refractivity contribution in [1.29, 1.82) is 0 Å². The highest BCUT2D eigenvalue weighted by Crippen LogP contribution is 2.33. The third-order valence-electron chi connectivity index (χ3n) is 2.72. The number of hydrogen-bond donors (Lipinski definition) is 0. The Morgan fingerprint density at radius 1 is 1.26 bits per heavy atom. The minimum atomic E-state index is -4.51. The molecule has 0 bridgehead atoms. The normalized spacial score (nSPS) is 11.7. The molecule has 0 aliphatic rings. The molecule has 19 heavy (non-hydrogen) atoms. The zero-order valence-electron chi connectivity index (χ0n) is 10.5. The molecule has 0 spiro atoms. The first-order valence-corrected chi connectivity index (χ1v) is 5.42. The molecule has 0 saturated heterocycles. The molecular formula is C12H11F3N3O-. The van der Waals surface area contributed by atoms with Crippen LogP contribution in [0.2, 0.25) is 0 Å². The number of aromatic nitrogens is 3. The van der Waals surface area contributed by atoms with Gasteiger partial charge in [-0.2, -0.15) is 13.2 Å². The second-order valence-electron chi connectivity index (χ2n) is 4.06. The van der Waals surface area contributed by atoms with E-state index in [-0.39, 0.29) is 5.69 Å². The fourth-order valence-corrected chi connectivity index (χ4v) is 1.84. The van der Waals surface area contributed by atoms with Crippen LogP contribution in [0.5, 0.6) is 5.75 Å². The van der Waals surface area contributed by atoms with E-state index >= 15 is 0 Å². The first-order chi connectivity index (χ1) is 8.84. The van der Waals surface area contributed by atoms with Crippen LogP contribution in [0, 0.1) is 13.8 Å². The van der Waals surface area contributed by atoms with Crippen LogP contribution in [0.4, 0.5) is 13.2 Å². The van der Waals surface area contributed by atoms with Gasteiger partial charge in [0.15, 0.2) is 0 Å². The number of hydrogen-bond acceptors (Lipinski definition) is 3. The topological polar surface area (TPSA) is 49.1 Å². The van der Waals surface area contributed by atoms with Gasteiger partial charge in [-0.05, 0) is 19.9 Å². The Hall–Kier alpha value is -2.05. The van der Waals surface area contributed by atoms with Crippen molar-refractivity contribution in [3.8, 4) is 17.1 Å². The molecule has 0 atom stereocenters. The summed E-state index contributed by atoms with van der Waals surface area (Å²) in [5, 5.41) is 6.66. The van der Waals surface area contributed by atoms with E-state index in [0.717, 1.165) is 11.6 Å². The standard InChI is InChI=1S/C12H11F3N3O/c1-6-5-16-10(7(2)11(6)19-3)8-4-9(18-17-8)12(13,14)15/h4-5H,1-3H3/q-1. The Labute approximate surface area is 107 Å². The van der Waals surface area contributed by atoms with Crippen molar-refractivity contribution in [2.24, 2.45) is 0 Å². The third kappa shape index (κ3) is 2.40. The van der Waals surface area contributed by atoms with E-state index in [4.69, 9.17) is 4.74 Å². The minimum absolute atomic E-state index is 0.0862. The van der Waals surface area contributed by atoms with E-state index in [1.165, 1.54) is 13.3 Å². The monoisotopic (exact) mass is 270 g/mol. The SMILES string of the molecule is COc1c(C)cnc(-c2cc(C(F)(F)F)n[n-]2)c1C. The summed E-state index contributed by atoms with van der Waals surface area (Å²) in [6, 6.07) is 0.879. The largest absolute Gasteiger partial charge is 0.573 e. The number of alkyl halides is 3. The van der Waals surface area contributed by atoms with Gasteiger partial charge in [0.1, 0.15) is 11.4 Å². The molecule has 0 N–H and O–H groups in total. The first-order valence-electron chi connectivity index (χ1n) is 5.42. The van der Waals surface area contributed by atoms with Gasteiger partial charge in [0, 0.05) is 17.3 Å². The van der Waals surface area contributed by atoms with E-state index in [9.17, 15) is 13.2 Å². The quantitative estimate of drug-likeness (QED) is 0.842. The number of nitrogens with zero attached hydrogens (tertiary/aromatic N) is 3. The van der Waals surface area contributed by atoms with Gasteiger partial charge in [-0.15, -0.1) is 0 Å².